The minimum Gasteiger partial charge on any atom is -0.337 e. The molecule has 5 heteroatoms. The molecular formula is C14H20N4O. The van der Waals surface area contributed by atoms with E-state index in [1.54, 1.807) is 6.20 Å². The van der Waals surface area contributed by atoms with Gasteiger partial charge in [-0.05, 0) is 37.3 Å². The van der Waals surface area contributed by atoms with Crippen LogP contribution in [0.2, 0.25) is 0 Å². The van der Waals surface area contributed by atoms with Crippen molar-refractivity contribution in [3.8, 4) is 11.5 Å². The van der Waals surface area contributed by atoms with Crippen LogP contribution in [0, 0.1) is 19.8 Å². The molecule has 2 aromatic rings. The molecule has 0 spiro atoms. The van der Waals surface area contributed by atoms with E-state index < -0.39 is 0 Å². The third-order valence-electron chi connectivity index (χ3n) is 2.91. The summed E-state index contributed by atoms with van der Waals surface area (Å²) in [5.74, 6) is 1.47. The molecule has 2 N–H and O–H groups in total. The molecule has 0 aliphatic carbocycles. The standard InChI is InChI=1S/C14H20N4O/c1-8(2)5-11(15)14-17-13(18-19-14)12-10(4)6-9(3)7-16-12/h6-8,11H,5,15H2,1-4H3/t11-/m0/s1. The van der Waals surface area contributed by atoms with Gasteiger partial charge in [-0.2, -0.15) is 4.98 Å². The van der Waals surface area contributed by atoms with Crippen LogP contribution in [0.15, 0.2) is 16.8 Å². The van der Waals surface area contributed by atoms with Crippen LogP contribution in [0.25, 0.3) is 11.5 Å². The first-order valence-corrected chi connectivity index (χ1v) is 6.50. The molecule has 0 unspecified atom stereocenters. The van der Waals surface area contributed by atoms with Gasteiger partial charge in [0.2, 0.25) is 11.7 Å². The number of aryl methyl sites for hydroxylation is 2. The van der Waals surface area contributed by atoms with Gasteiger partial charge in [0.15, 0.2) is 0 Å². The highest BCUT2D eigenvalue weighted by molar-refractivity contribution is 5.54. The molecular weight excluding hydrogens is 240 g/mol. The van der Waals surface area contributed by atoms with Crippen LogP contribution < -0.4 is 5.73 Å². The summed E-state index contributed by atoms with van der Waals surface area (Å²) in [4.78, 5) is 8.71. The van der Waals surface area contributed by atoms with Crippen LogP contribution in [0.5, 0.6) is 0 Å². The number of pyridine rings is 1. The topological polar surface area (TPSA) is 77.8 Å². The van der Waals surface area contributed by atoms with Crippen LogP contribution in [0.4, 0.5) is 0 Å². The Hall–Kier alpha value is -1.75. The Morgan fingerprint density at radius 2 is 2.05 bits per heavy atom. The average molecular weight is 260 g/mol. The minimum atomic E-state index is -0.216. The number of nitrogens with zero attached hydrogens (tertiary/aromatic N) is 3. The van der Waals surface area contributed by atoms with Crippen LogP contribution in [0.1, 0.15) is 43.3 Å². The maximum Gasteiger partial charge on any atom is 0.243 e. The normalized spacial score (nSPS) is 12.9. The van der Waals surface area contributed by atoms with Gasteiger partial charge < -0.3 is 10.3 Å². The summed E-state index contributed by atoms with van der Waals surface area (Å²) < 4.78 is 5.24. The van der Waals surface area contributed by atoms with E-state index in [2.05, 4.69) is 29.0 Å². The fraction of sp³-hybridized carbons (Fsp3) is 0.500. The Kier molecular flexibility index (Phi) is 3.95. The lowest BCUT2D eigenvalue weighted by Crippen LogP contribution is -2.13. The first kappa shape index (κ1) is 13.7. The van der Waals surface area contributed by atoms with E-state index in [0.29, 0.717) is 17.6 Å². The summed E-state index contributed by atoms with van der Waals surface area (Å²) in [5.41, 5.74) is 8.93. The molecule has 0 aliphatic rings. The first-order chi connectivity index (χ1) is 8.97. The van der Waals surface area contributed by atoms with E-state index in [0.717, 1.165) is 23.2 Å². The van der Waals surface area contributed by atoms with Gasteiger partial charge in [-0.15, -0.1) is 0 Å². The molecule has 2 aromatic heterocycles. The molecule has 0 bridgehead atoms. The van der Waals surface area contributed by atoms with E-state index in [1.165, 1.54) is 0 Å². The molecule has 0 fully saturated rings. The Labute approximate surface area is 113 Å². The van der Waals surface area contributed by atoms with Gasteiger partial charge in [0.1, 0.15) is 5.69 Å². The number of hydrogen-bond donors (Lipinski definition) is 1. The Bertz CT molecular complexity index is 562. The van der Waals surface area contributed by atoms with E-state index in [9.17, 15) is 0 Å². The molecule has 19 heavy (non-hydrogen) atoms. The molecule has 0 amide bonds. The fourth-order valence-corrected chi connectivity index (χ4v) is 2.04. The smallest absolute Gasteiger partial charge is 0.243 e. The second kappa shape index (κ2) is 5.48. The zero-order valence-electron chi connectivity index (χ0n) is 11.8. The Morgan fingerprint density at radius 1 is 1.32 bits per heavy atom. The summed E-state index contributed by atoms with van der Waals surface area (Å²) in [7, 11) is 0. The second-order valence-electron chi connectivity index (χ2n) is 5.37. The highest BCUT2D eigenvalue weighted by Crippen LogP contribution is 2.22. The SMILES string of the molecule is Cc1cnc(-c2noc([C@@H](N)CC(C)C)n2)c(C)c1. The number of aromatic nitrogens is 3. The second-order valence-corrected chi connectivity index (χ2v) is 5.37. The van der Waals surface area contributed by atoms with Gasteiger partial charge in [-0.1, -0.05) is 25.1 Å². The lowest BCUT2D eigenvalue weighted by atomic mass is 10.0. The van der Waals surface area contributed by atoms with E-state index in [-0.39, 0.29) is 6.04 Å². The lowest BCUT2D eigenvalue weighted by molar-refractivity contribution is 0.335. The molecule has 2 heterocycles. The van der Waals surface area contributed by atoms with Crippen molar-refractivity contribution < 1.29 is 4.52 Å². The van der Waals surface area contributed by atoms with Crippen LogP contribution >= 0.6 is 0 Å². The third-order valence-corrected chi connectivity index (χ3v) is 2.91. The van der Waals surface area contributed by atoms with E-state index in [4.69, 9.17) is 10.3 Å². The van der Waals surface area contributed by atoms with Crippen molar-refractivity contribution in [3.05, 3.63) is 29.3 Å². The number of hydrogen-bond acceptors (Lipinski definition) is 5. The summed E-state index contributed by atoms with van der Waals surface area (Å²) in [5, 5.41) is 3.98. The molecule has 0 saturated carbocycles. The summed E-state index contributed by atoms with van der Waals surface area (Å²) in [6.45, 7) is 8.22. The van der Waals surface area contributed by atoms with Crippen LogP contribution in [-0.4, -0.2) is 15.1 Å². The summed E-state index contributed by atoms with van der Waals surface area (Å²) >= 11 is 0. The molecule has 0 saturated heterocycles. The van der Waals surface area contributed by atoms with Gasteiger partial charge in [0.25, 0.3) is 0 Å². The zero-order chi connectivity index (χ0) is 14.0. The van der Waals surface area contributed by atoms with Gasteiger partial charge in [0.05, 0.1) is 6.04 Å². The number of rotatable bonds is 4. The van der Waals surface area contributed by atoms with Gasteiger partial charge in [-0.25, -0.2) is 0 Å². The van der Waals surface area contributed by atoms with Crippen molar-refractivity contribution in [2.24, 2.45) is 11.7 Å². The molecule has 0 radical (unpaired) electrons. The lowest BCUT2D eigenvalue weighted by Gasteiger charge is -2.08. The highest BCUT2D eigenvalue weighted by Gasteiger charge is 2.18. The monoisotopic (exact) mass is 260 g/mol. The maximum atomic E-state index is 6.03. The molecule has 1 atom stereocenters. The fourth-order valence-electron chi connectivity index (χ4n) is 2.04. The van der Waals surface area contributed by atoms with Crippen molar-refractivity contribution in [2.45, 2.75) is 40.2 Å². The minimum absolute atomic E-state index is 0.216. The van der Waals surface area contributed by atoms with Gasteiger partial charge >= 0.3 is 0 Å². The van der Waals surface area contributed by atoms with Crippen molar-refractivity contribution in [1.82, 2.24) is 15.1 Å². The third kappa shape index (κ3) is 3.17. The van der Waals surface area contributed by atoms with E-state index >= 15 is 0 Å². The predicted molar refractivity (Wildman–Crippen MR) is 73.4 cm³/mol. The Balaban J connectivity index is 2.25. The van der Waals surface area contributed by atoms with E-state index in [1.807, 2.05) is 19.9 Å². The van der Waals surface area contributed by atoms with Crippen LogP contribution in [-0.2, 0) is 0 Å². The van der Waals surface area contributed by atoms with Gasteiger partial charge in [0, 0.05) is 6.20 Å². The zero-order valence-corrected chi connectivity index (χ0v) is 11.8. The number of nitrogens with two attached hydrogens (primary N) is 1. The predicted octanol–water partition coefficient (Wildman–Crippen LogP) is 2.79. The van der Waals surface area contributed by atoms with Gasteiger partial charge in [-0.3, -0.25) is 4.98 Å². The molecule has 0 aromatic carbocycles. The molecule has 0 aliphatic heterocycles. The highest BCUT2D eigenvalue weighted by atomic mass is 16.5. The Morgan fingerprint density at radius 3 is 2.68 bits per heavy atom. The molecule has 2 rings (SSSR count). The van der Waals surface area contributed by atoms with Crippen LogP contribution in [0.3, 0.4) is 0 Å². The maximum absolute atomic E-state index is 6.03. The van der Waals surface area contributed by atoms with Crippen molar-refractivity contribution >= 4 is 0 Å². The van der Waals surface area contributed by atoms with Crippen molar-refractivity contribution in [2.75, 3.05) is 0 Å². The summed E-state index contributed by atoms with van der Waals surface area (Å²) in [6, 6.07) is 1.83. The first-order valence-electron chi connectivity index (χ1n) is 6.50. The largest absolute Gasteiger partial charge is 0.337 e. The quantitative estimate of drug-likeness (QED) is 0.914. The molecule has 102 valence electrons. The van der Waals surface area contributed by atoms with Crippen molar-refractivity contribution in [1.29, 1.82) is 0 Å². The van der Waals surface area contributed by atoms with Crippen molar-refractivity contribution in [3.63, 3.8) is 0 Å². The molecule has 5 nitrogen and oxygen atoms in total. The average Bonchev–Trinajstić information content (AvgIpc) is 2.77. The summed E-state index contributed by atoms with van der Waals surface area (Å²) in [6.07, 6.45) is 2.62.